The molecule has 0 aliphatic heterocycles. The number of aromatic nitrogens is 3. The second-order valence-corrected chi connectivity index (χ2v) is 6.33. The van der Waals surface area contributed by atoms with E-state index in [0.29, 0.717) is 29.8 Å². The standard InChI is InChI=1S/C22H21N5O2/c1-28-19-11-17-18(12-20(19)29-2)26-22(24-14-15-7-6-10-23-13-15)27-21(17)25-16-8-4-3-5-9-16/h3-13H,14H2,1-2H3,(H2,24,25,26,27). The van der Waals surface area contributed by atoms with Crippen molar-refractivity contribution in [2.75, 3.05) is 24.9 Å². The highest BCUT2D eigenvalue weighted by Gasteiger charge is 2.13. The molecule has 0 aliphatic carbocycles. The fourth-order valence-electron chi connectivity index (χ4n) is 2.97. The topological polar surface area (TPSA) is 81.2 Å². The summed E-state index contributed by atoms with van der Waals surface area (Å²) in [5.74, 6) is 2.42. The molecule has 0 saturated heterocycles. The Labute approximate surface area is 168 Å². The van der Waals surface area contributed by atoms with Crippen molar-refractivity contribution in [3.8, 4) is 11.5 Å². The Morgan fingerprint density at radius 2 is 1.69 bits per heavy atom. The lowest BCUT2D eigenvalue weighted by atomic mass is 10.2. The fourth-order valence-corrected chi connectivity index (χ4v) is 2.97. The molecule has 2 aromatic carbocycles. The van der Waals surface area contributed by atoms with Gasteiger partial charge in [-0.3, -0.25) is 4.98 Å². The molecule has 0 unspecified atom stereocenters. The number of nitrogens with zero attached hydrogens (tertiary/aromatic N) is 3. The van der Waals surface area contributed by atoms with E-state index in [9.17, 15) is 0 Å². The number of anilines is 3. The normalized spacial score (nSPS) is 10.6. The number of para-hydroxylation sites is 1. The van der Waals surface area contributed by atoms with Gasteiger partial charge in [0.25, 0.3) is 0 Å². The molecule has 2 N–H and O–H groups in total. The van der Waals surface area contributed by atoms with Crippen LogP contribution >= 0.6 is 0 Å². The van der Waals surface area contributed by atoms with Crippen LogP contribution in [0.25, 0.3) is 10.9 Å². The summed E-state index contributed by atoms with van der Waals surface area (Å²) in [5.41, 5.74) is 2.71. The van der Waals surface area contributed by atoms with Crippen molar-refractivity contribution in [3.63, 3.8) is 0 Å². The smallest absolute Gasteiger partial charge is 0.225 e. The van der Waals surface area contributed by atoms with Crippen molar-refractivity contribution < 1.29 is 9.47 Å². The molecule has 7 nitrogen and oxygen atoms in total. The Kier molecular flexibility index (Phi) is 5.38. The van der Waals surface area contributed by atoms with Crippen molar-refractivity contribution in [1.82, 2.24) is 15.0 Å². The average molecular weight is 387 g/mol. The van der Waals surface area contributed by atoms with Gasteiger partial charge in [-0.1, -0.05) is 24.3 Å². The molecule has 0 radical (unpaired) electrons. The van der Waals surface area contributed by atoms with Crippen molar-refractivity contribution in [1.29, 1.82) is 0 Å². The zero-order chi connectivity index (χ0) is 20.1. The summed E-state index contributed by atoms with van der Waals surface area (Å²) in [4.78, 5) is 13.5. The molecule has 0 amide bonds. The number of hydrogen-bond donors (Lipinski definition) is 2. The number of benzene rings is 2. The summed E-state index contributed by atoms with van der Waals surface area (Å²) in [6.45, 7) is 0.567. The van der Waals surface area contributed by atoms with E-state index in [1.54, 1.807) is 20.4 Å². The minimum atomic E-state index is 0.506. The van der Waals surface area contributed by atoms with E-state index >= 15 is 0 Å². The van der Waals surface area contributed by atoms with E-state index < -0.39 is 0 Å². The number of nitrogens with one attached hydrogen (secondary N) is 2. The molecule has 0 bridgehead atoms. The highest BCUT2D eigenvalue weighted by atomic mass is 16.5. The van der Waals surface area contributed by atoms with E-state index in [0.717, 1.165) is 22.2 Å². The van der Waals surface area contributed by atoms with Crippen molar-refractivity contribution >= 4 is 28.4 Å². The van der Waals surface area contributed by atoms with E-state index in [-0.39, 0.29) is 0 Å². The van der Waals surface area contributed by atoms with Gasteiger partial charge in [-0.25, -0.2) is 4.98 Å². The first-order valence-electron chi connectivity index (χ1n) is 9.15. The van der Waals surface area contributed by atoms with Gasteiger partial charge in [0.15, 0.2) is 11.5 Å². The Bertz CT molecular complexity index is 1100. The van der Waals surface area contributed by atoms with Crippen LogP contribution in [0.15, 0.2) is 67.0 Å². The fraction of sp³-hybridized carbons (Fsp3) is 0.136. The third-order valence-corrected chi connectivity index (χ3v) is 4.41. The molecule has 0 fully saturated rings. The molecule has 4 aromatic rings. The van der Waals surface area contributed by atoms with Gasteiger partial charge in [0, 0.05) is 36.1 Å². The number of methoxy groups -OCH3 is 2. The van der Waals surface area contributed by atoms with Crippen LogP contribution in [0.1, 0.15) is 5.56 Å². The molecule has 0 spiro atoms. The lowest BCUT2D eigenvalue weighted by Gasteiger charge is -2.14. The first-order valence-corrected chi connectivity index (χ1v) is 9.15. The summed E-state index contributed by atoms with van der Waals surface area (Å²) in [5, 5.41) is 7.48. The quantitative estimate of drug-likeness (QED) is 0.486. The van der Waals surface area contributed by atoms with Gasteiger partial charge in [0.05, 0.1) is 19.7 Å². The van der Waals surface area contributed by atoms with Gasteiger partial charge in [0.1, 0.15) is 5.82 Å². The van der Waals surface area contributed by atoms with Gasteiger partial charge in [-0.2, -0.15) is 4.98 Å². The zero-order valence-corrected chi connectivity index (χ0v) is 16.2. The molecule has 2 heterocycles. The number of ether oxygens (including phenoxy) is 2. The van der Waals surface area contributed by atoms with Gasteiger partial charge in [-0.15, -0.1) is 0 Å². The first kappa shape index (κ1) is 18.5. The van der Waals surface area contributed by atoms with Gasteiger partial charge >= 0.3 is 0 Å². The monoisotopic (exact) mass is 387 g/mol. The Morgan fingerprint density at radius 3 is 2.41 bits per heavy atom. The number of rotatable bonds is 7. The second-order valence-electron chi connectivity index (χ2n) is 6.33. The zero-order valence-electron chi connectivity index (χ0n) is 16.2. The van der Waals surface area contributed by atoms with Crippen LogP contribution in [0.3, 0.4) is 0 Å². The molecule has 7 heteroatoms. The van der Waals surface area contributed by atoms with Crippen LogP contribution in [0.4, 0.5) is 17.5 Å². The molecule has 2 aromatic heterocycles. The van der Waals surface area contributed by atoms with Gasteiger partial charge in [0.2, 0.25) is 5.95 Å². The predicted molar refractivity (Wildman–Crippen MR) is 114 cm³/mol. The maximum absolute atomic E-state index is 5.45. The van der Waals surface area contributed by atoms with Crippen LogP contribution in [0.2, 0.25) is 0 Å². The van der Waals surface area contributed by atoms with E-state index in [2.05, 4.69) is 20.6 Å². The van der Waals surface area contributed by atoms with Crippen LogP contribution in [-0.4, -0.2) is 29.2 Å². The number of fused-ring (bicyclic) bond motifs is 1. The lowest BCUT2D eigenvalue weighted by molar-refractivity contribution is 0.356. The van der Waals surface area contributed by atoms with E-state index in [1.807, 2.05) is 60.8 Å². The van der Waals surface area contributed by atoms with E-state index in [1.165, 1.54) is 0 Å². The third kappa shape index (κ3) is 4.19. The van der Waals surface area contributed by atoms with Gasteiger partial charge in [-0.05, 0) is 29.8 Å². The van der Waals surface area contributed by atoms with Crippen LogP contribution in [-0.2, 0) is 6.54 Å². The molecule has 4 rings (SSSR count). The molecule has 146 valence electrons. The molecule has 0 aliphatic rings. The van der Waals surface area contributed by atoms with Crippen LogP contribution < -0.4 is 20.1 Å². The minimum Gasteiger partial charge on any atom is -0.493 e. The van der Waals surface area contributed by atoms with Crippen molar-refractivity contribution in [2.24, 2.45) is 0 Å². The molecule has 29 heavy (non-hydrogen) atoms. The maximum Gasteiger partial charge on any atom is 0.225 e. The summed E-state index contributed by atoms with van der Waals surface area (Å²) in [6, 6.07) is 17.5. The van der Waals surface area contributed by atoms with Crippen LogP contribution in [0, 0.1) is 0 Å². The predicted octanol–water partition coefficient (Wildman–Crippen LogP) is 4.40. The average Bonchev–Trinajstić information content (AvgIpc) is 2.78. The number of hydrogen-bond acceptors (Lipinski definition) is 7. The van der Waals surface area contributed by atoms with E-state index in [4.69, 9.17) is 14.5 Å². The molecular formula is C22H21N5O2. The SMILES string of the molecule is COc1cc2nc(NCc3cccnc3)nc(Nc3ccccc3)c2cc1OC. The van der Waals surface area contributed by atoms with Gasteiger partial charge < -0.3 is 20.1 Å². The second kappa shape index (κ2) is 8.43. The lowest BCUT2D eigenvalue weighted by Crippen LogP contribution is -2.06. The molecule has 0 atom stereocenters. The minimum absolute atomic E-state index is 0.506. The summed E-state index contributed by atoms with van der Waals surface area (Å²) < 4.78 is 10.9. The highest BCUT2D eigenvalue weighted by molar-refractivity contribution is 5.94. The summed E-state index contributed by atoms with van der Waals surface area (Å²) in [7, 11) is 3.22. The molecule has 0 saturated carbocycles. The first-order chi connectivity index (χ1) is 14.3. The third-order valence-electron chi connectivity index (χ3n) is 4.41. The Hall–Kier alpha value is -3.87. The van der Waals surface area contributed by atoms with Crippen molar-refractivity contribution in [3.05, 3.63) is 72.6 Å². The van der Waals surface area contributed by atoms with Crippen molar-refractivity contribution in [2.45, 2.75) is 6.54 Å². The number of pyridine rings is 1. The summed E-state index contributed by atoms with van der Waals surface area (Å²) in [6.07, 6.45) is 3.56. The Balaban J connectivity index is 1.75. The largest absolute Gasteiger partial charge is 0.493 e. The highest BCUT2D eigenvalue weighted by Crippen LogP contribution is 2.35. The maximum atomic E-state index is 5.45. The Morgan fingerprint density at radius 1 is 0.897 bits per heavy atom. The van der Waals surface area contributed by atoms with Crippen LogP contribution in [0.5, 0.6) is 11.5 Å². The molecular weight excluding hydrogens is 366 g/mol. The summed E-state index contributed by atoms with van der Waals surface area (Å²) >= 11 is 0.